The SMILES string of the molecule is CCCCCCc1ncc(CCCC)cn1. The number of nitrogens with zero attached hydrogens (tertiary/aromatic N) is 2. The van der Waals surface area contributed by atoms with Gasteiger partial charge in [0.1, 0.15) is 5.82 Å². The second kappa shape index (κ2) is 8.26. The summed E-state index contributed by atoms with van der Waals surface area (Å²) in [6.45, 7) is 4.45. The largest absolute Gasteiger partial charge is 0.241 e. The van der Waals surface area contributed by atoms with E-state index in [-0.39, 0.29) is 0 Å². The van der Waals surface area contributed by atoms with E-state index in [4.69, 9.17) is 0 Å². The fourth-order valence-corrected chi connectivity index (χ4v) is 1.73. The van der Waals surface area contributed by atoms with Gasteiger partial charge in [-0.25, -0.2) is 9.97 Å². The summed E-state index contributed by atoms with van der Waals surface area (Å²) < 4.78 is 0. The fourth-order valence-electron chi connectivity index (χ4n) is 1.73. The van der Waals surface area contributed by atoms with Gasteiger partial charge in [-0.15, -0.1) is 0 Å². The van der Waals surface area contributed by atoms with Crippen molar-refractivity contribution < 1.29 is 0 Å². The number of aryl methyl sites for hydroxylation is 2. The molecule has 0 aliphatic carbocycles. The van der Waals surface area contributed by atoms with E-state index in [9.17, 15) is 0 Å². The van der Waals surface area contributed by atoms with Crippen molar-refractivity contribution in [2.45, 2.75) is 65.2 Å². The van der Waals surface area contributed by atoms with Crippen molar-refractivity contribution in [1.82, 2.24) is 9.97 Å². The first kappa shape index (κ1) is 13.1. The average Bonchev–Trinajstić information content (AvgIpc) is 2.33. The Bertz CT molecular complexity index is 267. The van der Waals surface area contributed by atoms with Crippen molar-refractivity contribution in [3.8, 4) is 0 Å². The molecule has 1 heterocycles. The van der Waals surface area contributed by atoms with Crippen molar-refractivity contribution in [3.05, 3.63) is 23.8 Å². The van der Waals surface area contributed by atoms with E-state index in [1.54, 1.807) is 0 Å². The first-order valence-electron chi connectivity index (χ1n) is 6.66. The lowest BCUT2D eigenvalue weighted by Crippen LogP contribution is -1.97. The molecule has 1 rings (SSSR count). The van der Waals surface area contributed by atoms with Gasteiger partial charge in [0.25, 0.3) is 0 Å². The maximum atomic E-state index is 4.42. The van der Waals surface area contributed by atoms with Gasteiger partial charge in [0, 0.05) is 18.8 Å². The van der Waals surface area contributed by atoms with Crippen molar-refractivity contribution >= 4 is 0 Å². The normalized spacial score (nSPS) is 10.6. The summed E-state index contributed by atoms with van der Waals surface area (Å²) in [6.07, 6.45) is 13.8. The second-order valence-corrected chi connectivity index (χ2v) is 4.42. The molecular formula is C14H24N2. The van der Waals surface area contributed by atoms with E-state index in [0.717, 1.165) is 18.7 Å². The van der Waals surface area contributed by atoms with E-state index in [1.165, 1.54) is 44.1 Å². The van der Waals surface area contributed by atoms with Crippen LogP contribution in [0.2, 0.25) is 0 Å². The molecule has 0 amide bonds. The molecule has 0 aromatic carbocycles. The van der Waals surface area contributed by atoms with Crippen LogP contribution < -0.4 is 0 Å². The lowest BCUT2D eigenvalue weighted by Gasteiger charge is -2.02. The smallest absolute Gasteiger partial charge is 0.128 e. The summed E-state index contributed by atoms with van der Waals surface area (Å²) in [7, 11) is 0. The maximum Gasteiger partial charge on any atom is 0.128 e. The highest BCUT2D eigenvalue weighted by molar-refractivity contribution is 5.05. The topological polar surface area (TPSA) is 25.8 Å². The summed E-state index contributed by atoms with van der Waals surface area (Å²) in [5, 5.41) is 0. The van der Waals surface area contributed by atoms with Gasteiger partial charge in [-0.1, -0.05) is 39.5 Å². The van der Waals surface area contributed by atoms with Crippen molar-refractivity contribution in [2.75, 3.05) is 0 Å². The summed E-state index contributed by atoms with van der Waals surface area (Å²) in [5.74, 6) is 1.01. The number of unbranched alkanes of at least 4 members (excludes halogenated alkanes) is 4. The quantitative estimate of drug-likeness (QED) is 0.620. The Morgan fingerprint density at radius 1 is 0.812 bits per heavy atom. The molecule has 0 atom stereocenters. The molecule has 0 fully saturated rings. The molecule has 0 radical (unpaired) electrons. The average molecular weight is 220 g/mol. The summed E-state index contributed by atoms with van der Waals surface area (Å²) in [5.41, 5.74) is 1.28. The predicted molar refractivity (Wildman–Crippen MR) is 68.5 cm³/mol. The van der Waals surface area contributed by atoms with Crippen LogP contribution in [0.1, 0.15) is 63.8 Å². The minimum atomic E-state index is 1.01. The Morgan fingerprint density at radius 2 is 1.50 bits per heavy atom. The third-order valence-electron chi connectivity index (χ3n) is 2.83. The molecule has 0 spiro atoms. The monoisotopic (exact) mass is 220 g/mol. The molecule has 1 aromatic rings. The fraction of sp³-hybridized carbons (Fsp3) is 0.714. The third-order valence-corrected chi connectivity index (χ3v) is 2.83. The third kappa shape index (κ3) is 5.24. The lowest BCUT2D eigenvalue weighted by atomic mass is 10.1. The van der Waals surface area contributed by atoms with E-state index in [1.807, 2.05) is 12.4 Å². The molecule has 0 saturated carbocycles. The Kier molecular flexibility index (Phi) is 6.78. The highest BCUT2D eigenvalue weighted by atomic mass is 14.9. The molecule has 0 N–H and O–H groups in total. The van der Waals surface area contributed by atoms with Crippen LogP contribution in [0.15, 0.2) is 12.4 Å². The Balaban J connectivity index is 2.27. The van der Waals surface area contributed by atoms with Crippen molar-refractivity contribution in [3.63, 3.8) is 0 Å². The van der Waals surface area contributed by atoms with Crippen molar-refractivity contribution in [2.24, 2.45) is 0 Å². The van der Waals surface area contributed by atoms with Crippen LogP contribution in [0.5, 0.6) is 0 Å². The second-order valence-electron chi connectivity index (χ2n) is 4.42. The van der Waals surface area contributed by atoms with Crippen molar-refractivity contribution in [1.29, 1.82) is 0 Å². The molecule has 0 aliphatic rings. The van der Waals surface area contributed by atoms with Gasteiger partial charge in [-0.3, -0.25) is 0 Å². The predicted octanol–water partition coefficient (Wildman–Crippen LogP) is 3.94. The number of rotatable bonds is 8. The van der Waals surface area contributed by atoms with Gasteiger partial charge in [-0.2, -0.15) is 0 Å². The molecule has 0 unspecified atom stereocenters. The minimum absolute atomic E-state index is 1.01. The summed E-state index contributed by atoms with van der Waals surface area (Å²) >= 11 is 0. The van der Waals surface area contributed by atoms with Crippen LogP contribution >= 0.6 is 0 Å². The molecule has 90 valence electrons. The molecule has 0 bridgehead atoms. The van der Waals surface area contributed by atoms with E-state index >= 15 is 0 Å². The minimum Gasteiger partial charge on any atom is -0.241 e. The van der Waals surface area contributed by atoms with Gasteiger partial charge in [-0.05, 0) is 24.8 Å². The van der Waals surface area contributed by atoms with Crippen LogP contribution in [-0.4, -0.2) is 9.97 Å². The molecular weight excluding hydrogens is 196 g/mol. The van der Waals surface area contributed by atoms with E-state index < -0.39 is 0 Å². The summed E-state index contributed by atoms with van der Waals surface area (Å²) in [4.78, 5) is 8.84. The maximum absolute atomic E-state index is 4.42. The van der Waals surface area contributed by atoms with Gasteiger partial charge in [0.15, 0.2) is 0 Å². The van der Waals surface area contributed by atoms with Crippen LogP contribution in [0.4, 0.5) is 0 Å². The zero-order chi connectivity index (χ0) is 11.6. The number of hydrogen-bond donors (Lipinski definition) is 0. The van der Waals surface area contributed by atoms with Crippen LogP contribution in [-0.2, 0) is 12.8 Å². The highest BCUT2D eigenvalue weighted by Gasteiger charge is 1.98. The first-order chi connectivity index (χ1) is 7.86. The van der Waals surface area contributed by atoms with Crippen LogP contribution in [0, 0.1) is 0 Å². The Hall–Kier alpha value is -0.920. The van der Waals surface area contributed by atoms with Gasteiger partial charge < -0.3 is 0 Å². The Labute approximate surface area is 99.5 Å². The molecule has 2 heteroatoms. The molecule has 16 heavy (non-hydrogen) atoms. The summed E-state index contributed by atoms with van der Waals surface area (Å²) in [6, 6.07) is 0. The lowest BCUT2D eigenvalue weighted by molar-refractivity contribution is 0.650. The van der Waals surface area contributed by atoms with E-state index in [0.29, 0.717) is 0 Å². The molecule has 0 saturated heterocycles. The Morgan fingerprint density at radius 3 is 2.12 bits per heavy atom. The van der Waals surface area contributed by atoms with E-state index in [2.05, 4.69) is 23.8 Å². The first-order valence-corrected chi connectivity index (χ1v) is 6.66. The van der Waals surface area contributed by atoms with Crippen LogP contribution in [0.25, 0.3) is 0 Å². The zero-order valence-corrected chi connectivity index (χ0v) is 10.7. The zero-order valence-electron chi connectivity index (χ0n) is 10.7. The molecule has 0 aliphatic heterocycles. The number of aromatic nitrogens is 2. The molecule has 2 nitrogen and oxygen atoms in total. The molecule has 1 aromatic heterocycles. The number of hydrogen-bond acceptors (Lipinski definition) is 2. The highest BCUT2D eigenvalue weighted by Crippen LogP contribution is 2.06. The van der Waals surface area contributed by atoms with Crippen LogP contribution in [0.3, 0.4) is 0 Å². The van der Waals surface area contributed by atoms with Gasteiger partial charge in [0.05, 0.1) is 0 Å². The van der Waals surface area contributed by atoms with Gasteiger partial charge in [0.2, 0.25) is 0 Å². The van der Waals surface area contributed by atoms with Gasteiger partial charge >= 0.3 is 0 Å². The standard InChI is InChI=1S/C14H24N2/c1-3-5-7-8-10-14-15-11-13(12-16-14)9-6-4-2/h11-12H,3-10H2,1-2H3.